The van der Waals surface area contributed by atoms with E-state index >= 15 is 0 Å². The molecule has 0 spiro atoms. The smallest absolute Gasteiger partial charge is 0.258 e. The van der Waals surface area contributed by atoms with E-state index in [0.717, 1.165) is 5.56 Å². The van der Waals surface area contributed by atoms with Crippen molar-refractivity contribution in [2.24, 2.45) is 0 Å². The van der Waals surface area contributed by atoms with Crippen LogP contribution in [0.15, 0.2) is 53.1 Å². The van der Waals surface area contributed by atoms with Gasteiger partial charge in [0, 0.05) is 10.6 Å². The minimum atomic E-state index is 0.181. The number of rotatable bonds is 4. The van der Waals surface area contributed by atoms with Gasteiger partial charge in [0.25, 0.3) is 5.89 Å². The van der Waals surface area contributed by atoms with Gasteiger partial charge in [0.1, 0.15) is 5.75 Å². The predicted molar refractivity (Wildman–Crippen MR) is 80.5 cm³/mol. The van der Waals surface area contributed by atoms with Crippen molar-refractivity contribution in [2.75, 3.05) is 0 Å². The first-order valence-electron chi connectivity index (χ1n) is 6.18. The van der Waals surface area contributed by atoms with E-state index < -0.39 is 0 Å². The summed E-state index contributed by atoms with van der Waals surface area (Å²) in [6, 6.07) is 14.4. The number of benzene rings is 2. The molecule has 3 aromatic rings. The van der Waals surface area contributed by atoms with Gasteiger partial charge in [0.05, 0.1) is 5.02 Å². The van der Waals surface area contributed by atoms with Crippen LogP contribution in [0.25, 0.3) is 11.5 Å². The fourth-order valence-electron chi connectivity index (χ4n) is 1.73. The molecule has 0 N–H and O–H groups in total. The van der Waals surface area contributed by atoms with E-state index in [2.05, 4.69) is 10.1 Å². The summed E-state index contributed by atoms with van der Waals surface area (Å²) < 4.78 is 10.7. The molecular formula is C15H10Cl2N2O2. The molecule has 0 bridgehead atoms. The van der Waals surface area contributed by atoms with Crippen molar-refractivity contribution in [3.8, 4) is 17.2 Å². The van der Waals surface area contributed by atoms with Gasteiger partial charge >= 0.3 is 0 Å². The fourth-order valence-corrected chi connectivity index (χ4v) is 2.04. The maximum absolute atomic E-state index is 6.00. The minimum Gasteiger partial charge on any atom is -0.484 e. The zero-order chi connectivity index (χ0) is 14.7. The van der Waals surface area contributed by atoms with Crippen LogP contribution in [-0.2, 0) is 6.61 Å². The van der Waals surface area contributed by atoms with Crippen LogP contribution in [0.3, 0.4) is 0 Å². The number of aromatic nitrogens is 2. The van der Waals surface area contributed by atoms with Crippen molar-refractivity contribution in [1.82, 2.24) is 10.1 Å². The number of halogens is 2. The third-order valence-corrected chi connectivity index (χ3v) is 3.32. The third-order valence-electron chi connectivity index (χ3n) is 2.75. The van der Waals surface area contributed by atoms with E-state index in [1.807, 2.05) is 24.3 Å². The molecule has 0 aliphatic rings. The summed E-state index contributed by atoms with van der Waals surface area (Å²) in [5, 5.41) is 5.07. The first-order valence-corrected chi connectivity index (χ1v) is 6.94. The van der Waals surface area contributed by atoms with Crippen LogP contribution in [0.4, 0.5) is 0 Å². The second kappa shape index (κ2) is 6.16. The lowest BCUT2D eigenvalue weighted by molar-refractivity contribution is 0.287. The lowest BCUT2D eigenvalue weighted by Gasteiger charge is -2.04. The highest BCUT2D eigenvalue weighted by atomic mass is 35.5. The molecule has 0 saturated heterocycles. The van der Waals surface area contributed by atoms with Gasteiger partial charge in [0.15, 0.2) is 6.61 Å². The summed E-state index contributed by atoms with van der Waals surface area (Å²) >= 11 is 11.8. The van der Waals surface area contributed by atoms with Crippen LogP contribution >= 0.6 is 23.2 Å². The maximum Gasteiger partial charge on any atom is 0.258 e. The van der Waals surface area contributed by atoms with E-state index in [4.69, 9.17) is 32.5 Å². The molecule has 0 aliphatic carbocycles. The summed E-state index contributed by atoms with van der Waals surface area (Å²) in [6.07, 6.45) is 0. The van der Waals surface area contributed by atoms with E-state index in [0.29, 0.717) is 27.5 Å². The zero-order valence-corrected chi connectivity index (χ0v) is 12.3. The quantitative estimate of drug-likeness (QED) is 0.703. The molecule has 3 rings (SSSR count). The van der Waals surface area contributed by atoms with Gasteiger partial charge < -0.3 is 9.26 Å². The summed E-state index contributed by atoms with van der Waals surface area (Å²) in [7, 11) is 0. The van der Waals surface area contributed by atoms with Crippen LogP contribution in [0, 0.1) is 0 Å². The van der Waals surface area contributed by atoms with E-state index in [1.165, 1.54) is 0 Å². The van der Waals surface area contributed by atoms with Crippen LogP contribution < -0.4 is 4.74 Å². The Hall–Kier alpha value is -2.04. The van der Waals surface area contributed by atoms with E-state index in [1.54, 1.807) is 24.3 Å². The Balaban J connectivity index is 1.71. The highest BCUT2D eigenvalue weighted by Gasteiger charge is 2.10. The highest BCUT2D eigenvalue weighted by molar-refractivity contribution is 6.32. The molecule has 106 valence electrons. The molecule has 21 heavy (non-hydrogen) atoms. The van der Waals surface area contributed by atoms with Gasteiger partial charge in [-0.25, -0.2) is 0 Å². The van der Waals surface area contributed by atoms with E-state index in [-0.39, 0.29) is 6.61 Å². The molecule has 0 radical (unpaired) electrons. The molecule has 0 saturated carbocycles. The van der Waals surface area contributed by atoms with Crippen LogP contribution in [-0.4, -0.2) is 10.1 Å². The van der Waals surface area contributed by atoms with Gasteiger partial charge in [-0.3, -0.25) is 0 Å². The van der Waals surface area contributed by atoms with Crippen LogP contribution in [0.5, 0.6) is 5.75 Å². The number of nitrogens with zero attached hydrogens (tertiary/aromatic N) is 2. The molecule has 6 heteroatoms. The van der Waals surface area contributed by atoms with Crippen molar-refractivity contribution >= 4 is 23.2 Å². The van der Waals surface area contributed by atoms with Gasteiger partial charge in [0.2, 0.25) is 5.82 Å². The molecule has 1 aromatic heterocycles. The fraction of sp³-hybridized carbons (Fsp3) is 0.0667. The Kier molecular flexibility index (Phi) is 4.08. The van der Waals surface area contributed by atoms with Crippen molar-refractivity contribution in [2.45, 2.75) is 6.61 Å². The molecule has 0 aliphatic heterocycles. The predicted octanol–water partition coefficient (Wildman–Crippen LogP) is 4.62. The van der Waals surface area contributed by atoms with Gasteiger partial charge in [-0.1, -0.05) is 40.5 Å². The average Bonchev–Trinajstić information content (AvgIpc) is 2.96. The summed E-state index contributed by atoms with van der Waals surface area (Å²) in [4.78, 5) is 4.27. The zero-order valence-electron chi connectivity index (χ0n) is 10.8. The molecular weight excluding hydrogens is 311 g/mol. The van der Waals surface area contributed by atoms with E-state index in [9.17, 15) is 0 Å². The monoisotopic (exact) mass is 320 g/mol. The lowest BCUT2D eigenvalue weighted by Crippen LogP contribution is -1.97. The van der Waals surface area contributed by atoms with Crippen molar-refractivity contribution in [3.63, 3.8) is 0 Å². The number of hydrogen-bond acceptors (Lipinski definition) is 4. The Bertz CT molecular complexity index is 741. The standard InChI is InChI=1S/C15H10Cl2N2O2/c16-11-7-5-10(6-8-11)15-18-14(19-21-15)9-20-13-4-2-1-3-12(13)17/h1-8H,9H2. The maximum atomic E-state index is 6.00. The van der Waals surface area contributed by atoms with Crippen molar-refractivity contribution in [1.29, 1.82) is 0 Å². The Morgan fingerprint density at radius 3 is 2.52 bits per heavy atom. The average molecular weight is 321 g/mol. The van der Waals surface area contributed by atoms with Crippen molar-refractivity contribution in [3.05, 3.63) is 64.4 Å². The number of ether oxygens (including phenoxy) is 1. The highest BCUT2D eigenvalue weighted by Crippen LogP contribution is 2.24. The molecule has 0 atom stereocenters. The summed E-state index contributed by atoms with van der Waals surface area (Å²) in [5.74, 6) is 1.45. The molecule has 1 heterocycles. The summed E-state index contributed by atoms with van der Waals surface area (Å²) in [5.41, 5.74) is 0.802. The normalized spacial score (nSPS) is 10.6. The molecule has 2 aromatic carbocycles. The first-order chi connectivity index (χ1) is 10.2. The molecule has 0 fully saturated rings. The Labute approximate surface area is 131 Å². The second-order valence-electron chi connectivity index (χ2n) is 4.24. The summed E-state index contributed by atoms with van der Waals surface area (Å²) in [6.45, 7) is 0.181. The van der Waals surface area contributed by atoms with Gasteiger partial charge in [-0.15, -0.1) is 0 Å². The Morgan fingerprint density at radius 1 is 1.00 bits per heavy atom. The molecule has 4 nitrogen and oxygen atoms in total. The van der Waals surface area contributed by atoms with Crippen LogP contribution in [0.1, 0.15) is 5.82 Å². The lowest BCUT2D eigenvalue weighted by atomic mass is 10.2. The molecule has 0 unspecified atom stereocenters. The minimum absolute atomic E-state index is 0.181. The topological polar surface area (TPSA) is 48.2 Å². The number of hydrogen-bond donors (Lipinski definition) is 0. The first kappa shape index (κ1) is 13.9. The SMILES string of the molecule is Clc1ccc(-c2nc(COc3ccccc3Cl)no2)cc1. The molecule has 0 amide bonds. The Morgan fingerprint density at radius 2 is 1.76 bits per heavy atom. The largest absolute Gasteiger partial charge is 0.484 e. The second-order valence-corrected chi connectivity index (χ2v) is 5.09. The third kappa shape index (κ3) is 3.35. The van der Waals surface area contributed by atoms with Crippen LogP contribution in [0.2, 0.25) is 10.0 Å². The number of para-hydroxylation sites is 1. The van der Waals surface area contributed by atoms with Crippen molar-refractivity contribution < 1.29 is 9.26 Å². The van der Waals surface area contributed by atoms with Gasteiger partial charge in [-0.2, -0.15) is 4.98 Å². The van der Waals surface area contributed by atoms with Gasteiger partial charge in [-0.05, 0) is 36.4 Å².